The van der Waals surface area contributed by atoms with Crippen molar-refractivity contribution >= 4 is 0 Å². The van der Waals surface area contributed by atoms with Gasteiger partial charge >= 0.3 is 0 Å². The van der Waals surface area contributed by atoms with Gasteiger partial charge in [-0.3, -0.25) is 0 Å². The molecule has 1 unspecified atom stereocenters. The maximum Gasteiger partial charge on any atom is 0.168 e. The molecule has 0 saturated heterocycles. The zero-order chi connectivity index (χ0) is 11.4. The molecule has 3 N–H and O–H groups in total. The third-order valence-corrected chi connectivity index (χ3v) is 2.43. The summed E-state index contributed by atoms with van der Waals surface area (Å²) in [5, 5.41) is 9.28. The van der Waals surface area contributed by atoms with Crippen molar-refractivity contribution in [3.8, 4) is 11.5 Å². The summed E-state index contributed by atoms with van der Waals surface area (Å²) in [5.41, 5.74) is 6.23. The molecule has 3 nitrogen and oxygen atoms in total. The van der Waals surface area contributed by atoms with Gasteiger partial charge in [0.1, 0.15) is 5.75 Å². The Hall–Kier alpha value is -1.29. The predicted molar refractivity (Wildman–Crippen MR) is 56.7 cm³/mol. The third-order valence-electron chi connectivity index (χ3n) is 2.43. The van der Waals surface area contributed by atoms with Crippen LogP contribution in [0.3, 0.4) is 0 Å². The molecule has 0 amide bonds. The summed E-state index contributed by atoms with van der Waals surface area (Å²) in [7, 11) is 1.48. The number of phenolic OH excluding ortho intramolecular Hbond substituents is 1. The monoisotopic (exact) mass is 213 g/mol. The molecule has 15 heavy (non-hydrogen) atoms. The molecule has 0 aliphatic carbocycles. The first-order valence-electron chi connectivity index (χ1n) is 4.86. The average Bonchev–Trinajstić information content (AvgIpc) is 2.21. The van der Waals surface area contributed by atoms with E-state index in [1.807, 2.05) is 6.92 Å². The second-order valence-electron chi connectivity index (χ2n) is 3.52. The molecule has 0 saturated carbocycles. The Morgan fingerprint density at radius 2 is 2.20 bits per heavy atom. The van der Waals surface area contributed by atoms with Crippen LogP contribution in [0.1, 0.15) is 24.8 Å². The van der Waals surface area contributed by atoms with Crippen LogP contribution in [-0.2, 0) is 0 Å². The Labute approximate surface area is 88.7 Å². The molecule has 0 spiro atoms. The highest BCUT2D eigenvalue weighted by atomic mass is 19.1. The van der Waals surface area contributed by atoms with E-state index >= 15 is 0 Å². The molecule has 1 rings (SSSR count). The van der Waals surface area contributed by atoms with E-state index in [-0.39, 0.29) is 11.7 Å². The van der Waals surface area contributed by atoms with Gasteiger partial charge in [-0.25, -0.2) is 4.39 Å². The van der Waals surface area contributed by atoms with E-state index in [9.17, 15) is 9.50 Å². The average molecular weight is 213 g/mol. The molecular weight excluding hydrogens is 197 g/mol. The standard InChI is InChI=1S/C11H16FNO2/c1-7(3-4-13)8-5-10(14)9(12)6-11(8)15-2/h5-7,14H,3-4,13H2,1-2H3. The molecule has 0 heterocycles. The zero-order valence-electron chi connectivity index (χ0n) is 8.96. The molecule has 0 bridgehead atoms. The van der Waals surface area contributed by atoms with Crippen molar-refractivity contribution in [1.82, 2.24) is 0 Å². The number of ether oxygens (including phenoxy) is 1. The smallest absolute Gasteiger partial charge is 0.168 e. The minimum atomic E-state index is -0.671. The first-order valence-corrected chi connectivity index (χ1v) is 4.86. The highest BCUT2D eigenvalue weighted by molar-refractivity contribution is 5.42. The quantitative estimate of drug-likeness (QED) is 0.804. The van der Waals surface area contributed by atoms with Crippen LogP contribution in [0.25, 0.3) is 0 Å². The lowest BCUT2D eigenvalue weighted by Gasteiger charge is -2.15. The molecule has 0 radical (unpaired) electrons. The van der Waals surface area contributed by atoms with Gasteiger partial charge in [-0.2, -0.15) is 0 Å². The van der Waals surface area contributed by atoms with Crippen molar-refractivity contribution in [2.45, 2.75) is 19.3 Å². The molecule has 0 fully saturated rings. The van der Waals surface area contributed by atoms with Crippen LogP contribution in [-0.4, -0.2) is 18.8 Å². The molecule has 4 heteroatoms. The largest absolute Gasteiger partial charge is 0.505 e. The number of hydrogen-bond acceptors (Lipinski definition) is 3. The zero-order valence-corrected chi connectivity index (χ0v) is 8.96. The van der Waals surface area contributed by atoms with Crippen LogP contribution < -0.4 is 10.5 Å². The Kier molecular flexibility index (Phi) is 3.91. The summed E-state index contributed by atoms with van der Waals surface area (Å²) < 4.78 is 18.1. The normalized spacial score (nSPS) is 12.5. The maximum absolute atomic E-state index is 13.0. The Morgan fingerprint density at radius 1 is 1.53 bits per heavy atom. The van der Waals surface area contributed by atoms with Crippen molar-refractivity contribution in [3.63, 3.8) is 0 Å². The maximum atomic E-state index is 13.0. The number of aromatic hydroxyl groups is 1. The number of benzene rings is 1. The van der Waals surface area contributed by atoms with Gasteiger partial charge in [-0.05, 0) is 24.9 Å². The van der Waals surface area contributed by atoms with Gasteiger partial charge in [0.05, 0.1) is 7.11 Å². The summed E-state index contributed by atoms with van der Waals surface area (Å²) in [6, 6.07) is 2.59. The van der Waals surface area contributed by atoms with E-state index in [0.717, 1.165) is 12.0 Å². The van der Waals surface area contributed by atoms with Gasteiger partial charge in [0.2, 0.25) is 0 Å². The van der Waals surface area contributed by atoms with Crippen molar-refractivity contribution in [3.05, 3.63) is 23.5 Å². The second-order valence-corrected chi connectivity index (χ2v) is 3.52. The molecule has 1 aromatic carbocycles. The Bertz CT molecular complexity index is 342. The van der Waals surface area contributed by atoms with Gasteiger partial charge < -0.3 is 15.6 Å². The molecule has 1 aromatic rings. The summed E-state index contributed by atoms with van der Waals surface area (Å²) in [6.07, 6.45) is 0.765. The van der Waals surface area contributed by atoms with Crippen molar-refractivity contribution in [2.75, 3.05) is 13.7 Å². The minimum absolute atomic E-state index is 0.136. The Balaban J connectivity index is 3.09. The van der Waals surface area contributed by atoms with E-state index in [2.05, 4.69) is 0 Å². The summed E-state index contributed by atoms with van der Waals surface area (Å²) in [6.45, 7) is 2.50. The number of methoxy groups -OCH3 is 1. The van der Waals surface area contributed by atoms with Gasteiger partial charge in [0, 0.05) is 11.6 Å². The molecular formula is C11H16FNO2. The molecule has 0 aliphatic rings. The first kappa shape index (κ1) is 11.8. The third kappa shape index (κ3) is 2.59. The number of rotatable bonds is 4. The number of phenols is 1. The van der Waals surface area contributed by atoms with Gasteiger partial charge in [-0.1, -0.05) is 6.92 Å². The predicted octanol–water partition coefficient (Wildman–Crippen LogP) is 1.99. The SMILES string of the molecule is COc1cc(F)c(O)cc1C(C)CCN. The minimum Gasteiger partial charge on any atom is -0.505 e. The number of halogens is 1. The topological polar surface area (TPSA) is 55.5 Å². The van der Waals surface area contributed by atoms with Crippen LogP contribution >= 0.6 is 0 Å². The van der Waals surface area contributed by atoms with E-state index in [1.165, 1.54) is 19.2 Å². The number of hydrogen-bond donors (Lipinski definition) is 2. The fourth-order valence-electron chi connectivity index (χ4n) is 1.53. The van der Waals surface area contributed by atoms with Gasteiger partial charge in [0.25, 0.3) is 0 Å². The second kappa shape index (κ2) is 4.98. The lowest BCUT2D eigenvalue weighted by atomic mass is 9.96. The molecule has 84 valence electrons. The van der Waals surface area contributed by atoms with Crippen LogP contribution in [0, 0.1) is 5.82 Å². The molecule has 0 aromatic heterocycles. The summed E-state index contributed by atoms with van der Waals surface area (Å²) in [5.74, 6) is -0.437. The Morgan fingerprint density at radius 3 is 2.73 bits per heavy atom. The summed E-state index contributed by atoms with van der Waals surface area (Å²) >= 11 is 0. The fourth-order valence-corrected chi connectivity index (χ4v) is 1.53. The highest BCUT2D eigenvalue weighted by Gasteiger charge is 2.14. The van der Waals surface area contributed by atoms with Crippen LogP contribution in [0.15, 0.2) is 12.1 Å². The van der Waals surface area contributed by atoms with Crippen molar-refractivity contribution in [1.29, 1.82) is 0 Å². The summed E-state index contributed by atoms with van der Waals surface area (Å²) in [4.78, 5) is 0. The van der Waals surface area contributed by atoms with Crippen LogP contribution in [0.2, 0.25) is 0 Å². The lowest BCUT2D eigenvalue weighted by Crippen LogP contribution is -2.06. The van der Waals surface area contributed by atoms with Gasteiger partial charge in [-0.15, -0.1) is 0 Å². The van der Waals surface area contributed by atoms with E-state index < -0.39 is 5.82 Å². The van der Waals surface area contributed by atoms with Crippen molar-refractivity contribution in [2.24, 2.45) is 5.73 Å². The molecule has 1 atom stereocenters. The highest BCUT2D eigenvalue weighted by Crippen LogP contribution is 2.33. The van der Waals surface area contributed by atoms with Gasteiger partial charge in [0.15, 0.2) is 11.6 Å². The first-order chi connectivity index (χ1) is 7.10. The number of nitrogens with two attached hydrogens (primary N) is 1. The van der Waals surface area contributed by atoms with E-state index in [4.69, 9.17) is 10.5 Å². The lowest BCUT2D eigenvalue weighted by molar-refractivity contribution is 0.390. The van der Waals surface area contributed by atoms with Crippen LogP contribution in [0.4, 0.5) is 4.39 Å². The molecule has 0 aliphatic heterocycles. The van der Waals surface area contributed by atoms with E-state index in [1.54, 1.807) is 0 Å². The van der Waals surface area contributed by atoms with Crippen molar-refractivity contribution < 1.29 is 14.2 Å². The van der Waals surface area contributed by atoms with Crippen LogP contribution in [0.5, 0.6) is 11.5 Å². The fraction of sp³-hybridized carbons (Fsp3) is 0.455. The van der Waals surface area contributed by atoms with E-state index in [0.29, 0.717) is 12.3 Å².